The zero-order valence-electron chi connectivity index (χ0n) is 17.0. The van der Waals surface area contributed by atoms with Gasteiger partial charge >= 0.3 is 0 Å². The summed E-state index contributed by atoms with van der Waals surface area (Å²) in [5, 5.41) is 3.03. The van der Waals surface area contributed by atoms with Crippen molar-refractivity contribution < 1.29 is 14.3 Å². The van der Waals surface area contributed by atoms with Crippen LogP contribution in [0.5, 0.6) is 11.5 Å². The Kier molecular flexibility index (Phi) is 9.66. The van der Waals surface area contributed by atoms with Crippen LogP contribution in [0.25, 0.3) is 0 Å². The van der Waals surface area contributed by atoms with Gasteiger partial charge in [-0.25, -0.2) is 0 Å². The van der Waals surface area contributed by atoms with Crippen LogP contribution in [0, 0.1) is 5.92 Å². The van der Waals surface area contributed by atoms with E-state index in [1.54, 1.807) is 7.11 Å². The summed E-state index contributed by atoms with van der Waals surface area (Å²) in [4.78, 5) is 12.3. The molecule has 0 aliphatic carbocycles. The molecule has 28 heavy (non-hydrogen) atoms. The van der Waals surface area contributed by atoms with E-state index < -0.39 is 0 Å². The maximum atomic E-state index is 12.3. The van der Waals surface area contributed by atoms with Crippen molar-refractivity contribution >= 4 is 24.0 Å². The van der Waals surface area contributed by atoms with Crippen LogP contribution in [0.2, 0.25) is 0 Å². The van der Waals surface area contributed by atoms with Gasteiger partial charge in [0.05, 0.1) is 19.8 Å². The van der Waals surface area contributed by atoms with E-state index in [9.17, 15) is 4.79 Å². The minimum Gasteiger partial charge on any atom is -0.493 e. The zero-order valence-corrected chi connectivity index (χ0v) is 17.8. The van der Waals surface area contributed by atoms with E-state index in [0.29, 0.717) is 36.9 Å². The van der Waals surface area contributed by atoms with Gasteiger partial charge in [0.25, 0.3) is 0 Å². The number of hydrogen-bond donors (Lipinski definition) is 2. The van der Waals surface area contributed by atoms with Crippen molar-refractivity contribution in [3.8, 4) is 11.5 Å². The molecule has 0 spiro atoms. The summed E-state index contributed by atoms with van der Waals surface area (Å²) in [6.45, 7) is 6.78. The number of rotatable bonds is 9. The van der Waals surface area contributed by atoms with Gasteiger partial charge in [-0.15, -0.1) is 12.4 Å². The lowest BCUT2D eigenvalue weighted by Gasteiger charge is -2.18. The first-order valence-corrected chi connectivity index (χ1v) is 9.34. The summed E-state index contributed by atoms with van der Waals surface area (Å²) in [7, 11) is 1.62. The molecule has 3 N–H and O–H groups in total. The standard InChI is InChI=1S/C22H30N2O3.ClH/c1-15(2)14-27-20-11-9-18(13-21(20)26-4)16(3)24-22(25)12-10-17-7-5-6-8-19(17)23;/h5-9,11,13,15-16H,10,12,14,23H2,1-4H3,(H,24,25);1H. The number of carbonyl (C=O) groups excluding carboxylic acids is 1. The lowest BCUT2D eigenvalue weighted by atomic mass is 10.1. The highest BCUT2D eigenvalue weighted by atomic mass is 35.5. The fraction of sp³-hybridized carbons (Fsp3) is 0.409. The van der Waals surface area contributed by atoms with E-state index in [4.69, 9.17) is 15.2 Å². The van der Waals surface area contributed by atoms with Crippen LogP contribution < -0.4 is 20.5 Å². The number of aryl methyl sites for hydroxylation is 1. The van der Waals surface area contributed by atoms with Crippen molar-refractivity contribution in [1.29, 1.82) is 0 Å². The van der Waals surface area contributed by atoms with Crippen LogP contribution in [-0.4, -0.2) is 19.6 Å². The van der Waals surface area contributed by atoms with Crippen LogP contribution in [0.3, 0.4) is 0 Å². The highest BCUT2D eigenvalue weighted by Gasteiger charge is 2.14. The molecule has 5 nitrogen and oxygen atoms in total. The Bertz CT molecular complexity index is 765. The Morgan fingerprint density at radius 1 is 1.11 bits per heavy atom. The second-order valence-corrected chi connectivity index (χ2v) is 7.10. The minimum atomic E-state index is -0.126. The van der Waals surface area contributed by atoms with Crippen molar-refractivity contribution in [3.63, 3.8) is 0 Å². The Labute approximate surface area is 174 Å². The molecule has 6 heteroatoms. The van der Waals surface area contributed by atoms with E-state index in [0.717, 1.165) is 16.8 Å². The molecule has 0 aliphatic heterocycles. The Morgan fingerprint density at radius 3 is 2.46 bits per heavy atom. The number of ether oxygens (including phenoxy) is 2. The lowest BCUT2D eigenvalue weighted by Crippen LogP contribution is -2.26. The highest BCUT2D eigenvalue weighted by Crippen LogP contribution is 2.30. The van der Waals surface area contributed by atoms with Crippen LogP contribution in [-0.2, 0) is 11.2 Å². The van der Waals surface area contributed by atoms with E-state index in [-0.39, 0.29) is 24.4 Å². The van der Waals surface area contributed by atoms with E-state index >= 15 is 0 Å². The quantitative estimate of drug-likeness (QED) is 0.599. The molecule has 1 unspecified atom stereocenters. The summed E-state index contributed by atoms with van der Waals surface area (Å²) in [6.07, 6.45) is 1.02. The number of methoxy groups -OCH3 is 1. The number of para-hydroxylation sites is 1. The van der Waals surface area contributed by atoms with Gasteiger partial charge in [0.1, 0.15) is 0 Å². The average molecular weight is 407 g/mol. The number of hydrogen-bond acceptors (Lipinski definition) is 4. The number of benzene rings is 2. The van der Waals surface area contributed by atoms with E-state index in [1.165, 1.54) is 0 Å². The van der Waals surface area contributed by atoms with Gasteiger partial charge < -0.3 is 20.5 Å². The maximum Gasteiger partial charge on any atom is 0.220 e. The van der Waals surface area contributed by atoms with Crippen molar-refractivity contribution in [3.05, 3.63) is 53.6 Å². The number of amides is 1. The first-order chi connectivity index (χ1) is 12.9. The van der Waals surface area contributed by atoms with Gasteiger partial charge in [-0.05, 0) is 48.6 Å². The number of anilines is 1. The molecule has 1 amide bonds. The van der Waals surface area contributed by atoms with E-state index in [1.807, 2.05) is 49.4 Å². The van der Waals surface area contributed by atoms with Gasteiger partial charge in [-0.3, -0.25) is 4.79 Å². The van der Waals surface area contributed by atoms with Crippen LogP contribution in [0.15, 0.2) is 42.5 Å². The maximum absolute atomic E-state index is 12.3. The van der Waals surface area contributed by atoms with Gasteiger partial charge in [-0.2, -0.15) is 0 Å². The molecule has 0 fully saturated rings. The number of nitrogen functional groups attached to an aromatic ring is 1. The Hall–Kier alpha value is -2.40. The second kappa shape index (κ2) is 11.4. The van der Waals surface area contributed by atoms with Crippen molar-refractivity contribution in [2.24, 2.45) is 5.92 Å². The van der Waals surface area contributed by atoms with Crippen LogP contribution in [0.1, 0.15) is 44.4 Å². The fourth-order valence-electron chi connectivity index (χ4n) is 2.74. The van der Waals surface area contributed by atoms with Gasteiger partial charge in [0.2, 0.25) is 5.91 Å². The normalized spacial score (nSPS) is 11.5. The summed E-state index contributed by atoms with van der Waals surface area (Å²) in [6, 6.07) is 13.3. The molecule has 0 bridgehead atoms. The molecule has 0 aromatic heterocycles. The van der Waals surface area contributed by atoms with Gasteiger partial charge in [-0.1, -0.05) is 38.1 Å². The topological polar surface area (TPSA) is 73.6 Å². The minimum absolute atomic E-state index is 0. The molecule has 0 saturated heterocycles. The summed E-state index contributed by atoms with van der Waals surface area (Å²) in [5.41, 5.74) is 8.62. The largest absolute Gasteiger partial charge is 0.493 e. The van der Waals surface area contributed by atoms with E-state index in [2.05, 4.69) is 19.2 Å². The SMILES string of the molecule is COc1cc(C(C)NC(=O)CCc2ccccc2N)ccc1OCC(C)C.Cl. The molecule has 2 rings (SSSR count). The average Bonchev–Trinajstić information content (AvgIpc) is 2.65. The van der Waals surface area contributed by atoms with Crippen LogP contribution in [0.4, 0.5) is 5.69 Å². The smallest absolute Gasteiger partial charge is 0.220 e. The third-order valence-electron chi connectivity index (χ3n) is 4.31. The number of nitrogens with one attached hydrogen (secondary N) is 1. The van der Waals surface area contributed by atoms with Crippen molar-refractivity contribution in [2.75, 3.05) is 19.5 Å². The van der Waals surface area contributed by atoms with Crippen molar-refractivity contribution in [2.45, 2.75) is 39.7 Å². The monoisotopic (exact) mass is 406 g/mol. The molecule has 0 aliphatic rings. The Morgan fingerprint density at radius 2 is 1.82 bits per heavy atom. The van der Waals surface area contributed by atoms with Crippen molar-refractivity contribution in [1.82, 2.24) is 5.32 Å². The predicted octanol–water partition coefficient (Wildman–Crippen LogP) is 4.54. The third-order valence-corrected chi connectivity index (χ3v) is 4.31. The summed E-state index contributed by atoms with van der Waals surface area (Å²) >= 11 is 0. The number of nitrogens with two attached hydrogens (primary N) is 1. The predicted molar refractivity (Wildman–Crippen MR) is 116 cm³/mol. The molecular weight excluding hydrogens is 376 g/mol. The molecule has 2 aromatic rings. The Balaban J connectivity index is 0.00000392. The number of carbonyl (C=O) groups is 1. The number of halogens is 1. The zero-order chi connectivity index (χ0) is 19.8. The molecule has 1 atom stereocenters. The lowest BCUT2D eigenvalue weighted by molar-refractivity contribution is -0.121. The third kappa shape index (κ3) is 6.97. The first-order valence-electron chi connectivity index (χ1n) is 9.34. The van der Waals surface area contributed by atoms with Crippen LogP contribution >= 0.6 is 12.4 Å². The van der Waals surface area contributed by atoms with Gasteiger partial charge in [0, 0.05) is 12.1 Å². The second-order valence-electron chi connectivity index (χ2n) is 7.10. The summed E-state index contributed by atoms with van der Waals surface area (Å²) < 4.78 is 11.2. The highest BCUT2D eigenvalue weighted by molar-refractivity contribution is 5.85. The molecule has 2 aromatic carbocycles. The first kappa shape index (κ1) is 23.6. The molecule has 0 heterocycles. The molecule has 154 valence electrons. The van der Waals surface area contributed by atoms with Gasteiger partial charge in [0.15, 0.2) is 11.5 Å². The molecular formula is C22H31ClN2O3. The summed E-state index contributed by atoms with van der Waals surface area (Å²) in [5.74, 6) is 1.82. The fourth-order valence-corrected chi connectivity index (χ4v) is 2.74. The molecule has 0 radical (unpaired) electrons. The molecule has 0 saturated carbocycles.